The Hall–Kier alpha value is -2.99. The number of amides is 1. The van der Waals surface area contributed by atoms with E-state index in [1.54, 1.807) is 26.4 Å². The summed E-state index contributed by atoms with van der Waals surface area (Å²) in [6.45, 7) is 5.55. The van der Waals surface area contributed by atoms with Crippen LogP contribution in [0.5, 0.6) is 11.5 Å². The van der Waals surface area contributed by atoms with Gasteiger partial charge in [-0.3, -0.25) is 4.79 Å². The van der Waals surface area contributed by atoms with Gasteiger partial charge < -0.3 is 24.3 Å². The van der Waals surface area contributed by atoms with Gasteiger partial charge in [0.05, 0.1) is 19.6 Å². The lowest BCUT2D eigenvalue weighted by atomic mass is 9.98. The molecular formula is C22H25NO5. The number of hydrogen-bond acceptors (Lipinski definition) is 5. The van der Waals surface area contributed by atoms with Crippen LogP contribution >= 0.6 is 0 Å². The monoisotopic (exact) mass is 383 g/mol. The first kappa shape index (κ1) is 19.8. The van der Waals surface area contributed by atoms with Crippen molar-refractivity contribution in [2.75, 3.05) is 14.2 Å². The Morgan fingerprint density at radius 2 is 1.79 bits per heavy atom. The highest BCUT2D eigenvalue weighted by Gasteiger charge is 2.31. The second kappa shape index (κ2) is 7.56. The van der Waals surface area contributed by atoms with E-state index in [1.165, 1.54) is 0 Å². The van der Waals surface area contributed by atoms with Crippen LogP contribution < -0.4 is 14.8 Å². The lowest BCUT2D eigenvalue weighted by Crippen LogP contribution is -2.43. The Labute approximate surface area is 164 Å². The van der Waals surface area contributed by atoms with Gasteiger partial charge in [-0.2, -0.15) is 0 Å². The number of furan rings is 1. The molecule has 2 aromatic carbocycles. The number of carbonyl (C=O) groups excluding carboxylic acids is 1. The van der Waals surface area contributed by atoms with Gasteiger partial charge in [-0.1, -0.05) is 30.3 Å². The molecule has 0 aliphatic carbocycles. The lowest BCUT2D eigenvalue weighted by molar-refractivity contribution is -0.131. The summed E-state index contributed by atoms with van der Waals surface area (Å²) in [5, 5.41) is 14.3. The van der Waals surface area contributed by atoms with Gasteiger partial charge in [0.15, 0.2) is 11.9 Å². The molecule has 28 heavy (non-hydrogen) atoms. The highest BCUT2D eigenvalue weighted by atomic mass is 16.5. The van der Waals surface area contributed by atoms with E-state index in [0.717, 1.165) is 5.56 Å². The number of ether oxygens (including phenoxy) is 2. The van der Waals surface area contributed by atoms with Crippen molar-refractivity contribution < 1.29 is 23.8 Å². The predicted octanol–water partition coefficient (Wildman–Crippen LogP) is 4.07. The molecule has 0 fully saturated rings. The molecule has 6 heteroatoms. The summed E-state index contributed by atoms with van der Waals surface area (Å²) in [6, 6.07) is 12.9. The molecule has 1 amide bonds. The number of aliphatic hydroxyl groups is 1. The largest absolute Gasteiger partial charge is 0.496 e. The second-order valence-corrected chi connectivity index (χ2v) is 7.55. The molecule has 2 N–H and O–H groups in total. The van der Waals surface area contributed by atoms with Crippen LogP contribution in [0.2, 0.25) is 0 Å². The Bertz CT molecular complexity index is 986. The minimum Gasteiger partial charge on any atom is -0.496 e. The number of nitrogens with one attached hydrogen (secondary N) is 1. The number of fused-ring (bicyclic) bond motifs is 1. The molecule has 0 radical (unpaired) electrons. The highest BCUT2D eigenvalue weighted by molar-refractivity contribution is 6.02. The number of hydrogen-bond donors (Lipinski definition) is 2. The third kappa shape index (κ3) is 3.82. The van der Waals surface area contributed by atoms with Crippen molar-refractivity contribution >= 4 is 16.9 Å². The van der Waals surface area contributed by atoms with Gasteiger partial charge in [0.1, 0.15) is 17.1 Å². The number of methoxy groups -OCH3 is 2. The molecule has 6 nitrogen and oxygen atoms in total. The summed E-state index contributed by atoms with van der Waals surface area (Å²) in [6.07, 6.45) is -1.47. The van der Waals surface area contributed by atoms with Crippen molar-refractivity contribution in [3.05, 3.63) is 48.2 Å². The van der Waals surface area contributed by atoms with E-state index < -0.39 is 17.6 Å². The summed E-state index contributed by atoms with van der Waals surface area (Å²) >= 11 is 0. The molecule has 1 unspecified atom stereocenters. The van der Waals surface area contributed by atoms with E-state index >= 15 is 0 Å². The lowest BCUT2D eigenvalue weighted by Gasteiger charge is -2.22. The van der Waals surface area contributed by atoms with Crippen LogP contribution in [0.4, 0.5) is 0 Å². The zero-order chi connectivity index (χ0) is 20.5. The molecule has 1 aromatic heterocycles. The minimum absolute atomic E-state index is 0.162. The molecule has 0 saturated carbocycles. The molecule has 3 aromatic rings. The SMILES string of the molecule is COc1cc(OC)c2c(-c3ccccc3)c(C(O)C(=O)NC(C)(C)C)oc2c1. The average Bonchev–Trinajstić information content (AvgIpc) is 3.05. The smallest absolute Gasteiger partial charge is 0.257 e. The summed E-state index contributed by atoms with van der Waals surface area (Å²) in [5.41, 5.74) is 1.40. The Kier molecular flexibility index (Phi) is 5.34. The van der Waals surface area contributed by atoms with Gasteiger partial charge in [-0.05, 0) is 26.3 Å². The molecule has 0 spiro atoms. The fraction of sp³-hybridized carbons (Fsp3) is 0.318. The molecule has 148 valence electrons. The first-order valence-electron chi connectivity index (χ1n) is 8.99. The maximum Gasteiger partial charge on any atom is 0.257 e. The first-order valence-corrected chi connectivity index (χ1v) is 8.99. The van der Waals surface area contributed by atoms with Crippen molar-refractivity contribution in [3.8, 4) is 22.6 Å². The van der Waals surface area contributed by atoms with E-state index in [4.69, 9.17) is 13.9 Å². The molecule has 1 atom stereocenters. The summed E-state index contributed by atoms with van der Waals surface area (Å²) in [7, 11) is 3.10. The Morgan fingerprint density at radius 3 is 2.36 bits per heavy atom. The van der Waals surface area contributed by atoms with Gasteiger partial charge in [-0.25, -0.2) is 0 Å². The van der Waals surface area contributed by atoms with Crippen LogP contribution in [0.25, 0.3) is 22.1 Å². The van der Waals surface area contributed by atoms with E-state index in [2.05, 4.69) is 5.32 Å². The number of carbonyl (C=O) groups is 1. The molecule has 0 aliphatic rings. The normalized spacial score (nSPS) is 12.6. The van der Waals surface area contributed by atoms with Crippen molar-refractivity contribution in [2.24, 2.45) is 0 Å². The third-order valence-electron chi connectivity index (χ3n) is 4.27. The summed E-state index contributed by atoms with van der Waals surface area (Å²) in [5.74, 6) is 0.716. The highest BCUT2D eigenvalue weighted by Crippen LogP contribution is 2.44. The van der Waals surface area contributed by atoms with Crippen LogP contribution in [-0.4, -0.2) is 30.8 Å². The van der Waals surface area contributed by atoms with Crippen LogP contribution in [0.1, 0.15) is 32.6 Å². The fourth-order valence-electron chi connectivity index (χ4n) is 3.11. The summed E-state index contributed by atoms with van der Waals surface area (Å²) < 4.78 is 16.8. The average molecular weight is 383 g/mol. The van der Waals surface area contributed by atoms with E-state index in [9.17, 15) is 9.90 Å². The second-order valence-electron chi connectivity index (χ2n) is 7.55. The van der Waals surface area contributed by atoms with Gasteiger partial charge in [0, 0.05) is 23.2 Å². The third-order valence-corrected chi connectivity index (χ3v) is 4.27. The van der Waals surface area contributed by atoms with Crippen molar-refractivity contribution in [1.82, 2.24) is 5.32 Å². The quantitative estimate of drug-likeness (QED) is 0.694. The molecule has 3 rings (SSSR count). The van der Waals surface area contributed by atoms with Crippen LogP contribution in [0.3, 0.4) is 0 Å². The van der Waals surface area contributed by atoms with E-state index in [-0.39, 0.29) is 5.76 Å². The van der Waals surface area contributed by atoms with E-state index in [1.807, 2.05) is 51.1 Å². The maximum absolute atomic E-state index is 12.6. The Balaban J connectivity index is 2.25. The maximum atomic E-state index is 12.6. The minimum atomic E-state index is -1.47. The number of aliphatic hydroxyl groups excluding tert-OH is 1. The topological polar surface area (TPSA) is 80.9 Å². The molecular weight excluding hydrogens is 358 g/mol. The van der Waals surface area contributed by atoms with Crippen LogP contribution in [0, 0.1) is 0 Å². The summed E-state index contributed by atoms with van der Waals surface area (Å²) in [4.78, 5) is 12.6. The van der Waals surface area contributed by atoms with E-state index in [0.29, 0.717) is 28.0 Å². The molecule has 1 heterocycles. The number of rotatable bonds is 5. The zero-order valence-corrected chi connectivity index (χ0v) is 16.7. The van der Waals surface area contributed by atoms with Crippen LogP contribution in [0.15, 0.2) is 46.9 Å². The first-order chi connectivity index (χ1) is 13.2. The van der Waals surface area contributed by atoms with Crippen molar-refractivity contribution in [1.29, 1.82) is 0 Å². The molecule has 0 bridgehead atoms. The van der Waals surface area contributed by atoms with Crippen LogP contribution in [-0.2, 0) is 4.79 Å². The van der Waals surface area contributed by atoms with Gasteiger partial charge in [0.25, 0.3) is 5.91 Å². The van der Waals surface area contributed by atoms with Crippen molar-refractivity contribution in [3.63, 3.8) is 0 Å². The fourth-order valence-corrected chi connectivity index (χ4v) is 3.11. The Morgan fingerprint density at radius 1 is 1.11 bits per heavy atom. The molecule has 0 aliphatic heterocycles. The van der Waals surface area contributed by atoms with Gasteiger partial charge >= 0.3 is 0 Å². The van der Waals surface area contributed by atoms with Crippen molar-refractivity contribution in [2.45, 2.75) is 32.4 Å². The number of benzene rings is 2. The van der Waals surface area contributed by atoms with Gasteiger partial charge in [-0.15, -0.1) is 0 Å². The van der Waals surface area contributed by atoms with Gasteiger partial charge in [0.2, 0.25) is 0 Å². The standard InChI is InChI=1S/C22H25NO5/c1-22(2,3)23-21(25)19(24)20-17(13-9-7-6-8-10-13)18-15(27-5)11-14(26-4)12-16(18)28-20/h6-12,19,24H,1-5H3,(H,23,25). The molecule has 0 saturated heterocycles. The zero-order valence-electron chi connectivity index (χ0n) is 16.7. The predicted molar refractivity (Wildman–Crippen MR) is 108 cm³/mol.